The Morgan fingerprint density at radius 2 is 2.24 bits per heavy atom. The molecule has 21 heavy (non-hydrogen) atoms. The maximum absolute atomic E-state index is 11.6. The quantitative estimate of drug-likeness (QED) is 0.887. The molecular weight excluding hydrogens is 286 g/mol. The van der Waals surface area contributed by atoms with Crippen LogP contribution in [0, 0.1) is 6.92 Å². The number of hydrogen-bond acceptors (Lipinski definition) is 5. The standard InChI is InChI=1S/C15H25N3O2S/c1-4-13(16)8-12-7-11(2)15(17-9-12)18(3)14-5-6-21(19,20)10-14/h7,9,13-14H,4-6,8,10,16H2,1-3H3. The number of nitrogens with zero attached hydrogens (tertiary/aromatic N) is 2. The van der Waals surface area contributed by atoms with Gasteiger partial charge in [0.15, 0.2) is 9.84 Å². The van der Waals surface area contributed by atoms with E-state index in [1.54, 1.807) is 0 Å². The van der Waals surface area contributed by atoms with Crippen molar-refractivity contribution < 1.29 is 8.42 Å². The van der Waals surface area contributed by atoms with Crippen molar-refractivity contribution in [3.05, 3.63) is 23.4 Å². The minimum atomic E-state index is -2.87. The van der Waals surface area contributed by atoms with Crippen LogP contribution in [0.3, 0.4) is 0 Å². The summed E-state index contributed by atoms with van der Waals surface area (Å²) >= 11 is 0. The second-order valence-corrected chi connectivity index (χ2v) is 8.25. The largest absolute Gasteiger partial charge is 0.355 e. The zero-order valence-corrected chi connectivity index (χ0v) is 13.9. The van der Waals surface area contributed by atoms with E-state index in [1.165, 1.54) is 0 Å². The fourth-order valence-electron chi connectivity index (χ4n) is 2.81. The van der Waals surface area contributed by atoms with E-state index in [9.17, 15) is 8.42 Å². The minimum absolute atomic E-state index is 0.0324. The highest BCUT2D eigenvalue weighted by atomic mass is 32.2. The van der Waals surface area contributed by atoms with Gasteiger partial charge in [0.05, 0.1) is 11.5 Å². The van der Waals surface area contributed by atoms with Crippen LogP contribution in [-0.4, -0.2) is 44.0 Å². The molecule has 0 amide bonds. The molecule has 1 aromatic rings. The molecule has 1 aliphatic heterocycles. The van der Waals surface area contributed by atoms with E-state index in [1.807, 2.05) is 25.1 Å². The van der Waals surface area contributed by atoms with Gasteiger partial charge in [0, 0.05) is 25.3 Å². The van der Waals surface area contributed by atoms with Crippen LogP contribution >= 0.6 is 0 Å². The molecule has 1 aromatic heterocycles. The molecule has 2 unspecified atom stereocenters. The molecule has 1 fully saturated rings. The predicted octanol–water partition coefficient (Wildman–Crippen LogP) is 1.29. The molecule has 1 aliphatic rings. The predicted molar refractivity (Wildman–Crippen MR) is 86.4 cm³/mol. The van der Waals surface area contributed by atoms with Gasteiger partial charge in [-0.2, -0.15) is 0 Å². The van der Waals surface area contributed by atoms with Gasteiger partial charge in [-0.1, -0.05) is 13.0 Å². The summed E-state index contributed by atoms with van der Waals surface area (Å²) in [5.74, 6) is 1.38. The number of aromatic nitrogens is 1. The molecule has 2 N–H and O–H groups in total. The molecule has 0 saturated carbocycles. The van der Waals surface area contributed by atoms with Crippen molar-refractivity contribution in [1.29, 1.82) is 0 Å². The molecule has 6 heteroatoms. The van der Waals surface area contributed by atoms with Crippen molar-refractivity contribution in [1.82, 2.24) is 4.98 Å². The monoisotopic (exact) mass is 311 g/mol. The van der Waals surface area contributed by atoms with Crippen LogP contribution in [0.15, 0.2) is 12.3 Å². The van der Waals surface area contributed by atoms with Crippen LogP contribution in [0.25, 0.3) is 0 Å². The number of aryl methyl sites for hydroxylation is 1. The van der Waals surface area contributed by atoms with Crippen LogP contribution in [0.2, 0.25) is 0 Å². The van der Waals surface area contributed by atoms with Crippen molar-refractivity contribution in [3.63, 3.8) is 0 Å². The number of pyridine rings is 1. The van der Waals surface area contributed by atoms with Gasteiger partial charge in [0.2, 0.25) is 0 Å². The van der Waals surface area contributed by atoms with Crippen LogP contribution in [0.4, 0.5) is 5.82 Å². The molecule has 5 nitrogen and oxygen atoms in total. The van der Waals surface area contributed by atoms with Crippen molar-refractivity contribution in [3.8, 4) is 0 Å². The average molecular weight is 311 g/mol. The van der Waals surface area contributed by atoms with E-state index < -0.39 is 9.84 Å². The van der Waals surface area contributed by atoms with E-state index >= 15 is 0 Å². The van der Waals surface area contributed by atoms with E-state index in [0.717, 1.165) is 29.8 Å². The van der Waals surface area contributed by atoms with Gasteiger partial charge >= 0.3 is 0 Å². The van der Waals surface area contributed by atoms with Gasteiger partial charge in [-0.05, 0) is 37.3 Å². The molecule has 0 aliphatic carbocycles. The maximum atomic E-state index is 11.6. The zero-order valence-electron chi connectivity index (χ0n) is 13.0. The first-order chi connectivity index (χ1) is 9.82. The SMILES string of the molecule is CCC(N)Cc1cnc(N(C)C2CCS(=O)(=O)C2)c(C)c1. The molecule has 0 spiro atoms. The summed E-state index contributed by atoms with van der Waals surface area (Å²) in [6.07, 6.45) is 4.31. The highest BCUT2D eigenvalue weighted by Gasteiger charge is 2.31. The highest BCUT2D eigenvalue weighted by molar-refractivity contribution is 7.91. The number of rotatable bonds is 5. The first-order valence-electron chi connectivity index (χ1n) is 7.46. The first-order valence-corrected chi connectivity index (χ1v) is 9.29. The summed E-state index contributed by atoms with van der Waals surface area (Å²) in [7, 11) is -0.946. The normalized spacial score (nSPS) is 22.2. The van der Waals surface area contributed by atoms with Gasteiger partial charge in [-0.15, -0.1) is 0 Å². The Balaban J connectivity index is 2.13. The lowest BCUT2D eigenvalue weighted by atomic mass is 10.0. The first kappa shape index (κ1) is 16.2. The molecule has 1 saturated heterocycles. The highest BCUT2D eigenvalue weighted by Crippen LogP contribution is 2.24. The van der Waals surface area contributed by atoms with Crippen LogP contribution in [0.1, 0.15) is 30.9 Å². The Morgan fingerprint density at radius 1 is 1.52 bits per heavy atom. The summed E-state index contributed by atoms with van der Waals surface area (Å²) in [5, 5.41) is 0. The van der Waals surface area contributed by atoms with Crippen LogP contribution in [0.5, 0.6) is 0 Å². The summed E-state index contributed by atoms with van der Waals surface area (Å²) in [4.78, 5) is 6.54. The summed E-state index contributed by atoms with van der Waals surface area (Å²) in [5.41, 5.74) is 8.19. The van der Waals surface area contributed by atoms with E-state index in [2.05, 4.69) is 18.0 Å². The maximum Gasteiger partial charge on any atom is 0.152 e. The van der Waals surface area contributed by atoms with E-state index in [4.69, 9.17) is 5.73 Å². The Hall–Kier alpha value is -1.14. The number of hydrogen-bond donors (Lipinski definition) is 1. The lowest BCUT2D eigenvalue weighted by Crippen LogP contribution is -2.33. The molecule has 0 radical (unpaired) electrons. The van der Waals surface area contributed by atoms with E-state index in [0.29, 0.717) is 6.42 Å². The number of sulfone groups is 1. The smallest absolute Gasteiger partial charge is 0.152 e. The topological polar surface area (TPSA) is 76.3 Å². The molecule has 118 valence electrons. The van der Waals surface area contributed by atoms with Crippen molar-refractivity contribution >= 4 is 15.7 Å². The second-order valence-electron chi connectivity index (χ2n) is 6.02. The van der Waals surface area contributed by atoms with E-state index in [-0.39, 0.29) is 23.6 Å². The molecular formula is C15H25N3O2S. The fraction of sp³-hybridized carbons (Fsp3) is 0.667. The van der Waals surface area contributed by atoms with Gasteiger partial charge in [0.25, 0.3) is 0 Å². The molecule has 2 rings (SSSR count). The molecule has 0 aromatic carbocycles. The summed E-state index contributed by atoms with van der Waals surface area (Å²) < 4.78 is 23.2. The third-order valence-corrected chi connectivity index (χ3v) is 5.97. The second kappa shape index (κ2) is 6.32. The van der Waals surface area contributed by atoms with Gasteiger partial charge < -0.3 is 10.6 Å². The third kappa shape index (κ3) is 3.95. The van der Waals surface area contributed by atoms with Crippen LogP contribution in [-0.2, 0) is 16.3 Å². The van der Waals surface area contributed by atoms with Gasteiger partial charge in [-0.25, -0.2) is 13.4 Å². The Labute approximate surface area is 127 Å². The molecule has 2 atom stereocenters. The lowest BCUT2D eigenvalue weighted by molar-refractivity contribution is 0.600. The lowest BCUT2D eigenvalue weighted by Gasteiger charge is -2.26. The Bertz CT molecular complexity index is 601. The molecule has 2 heterocycles. The zero-order chi connectivity index (χ0) is 15.6. The fourth-order valence-corrected chi connectivity index (χ4v) is 4.58. The number of anilines is 1. The van der Waals surface area contributed by atoms with Gasteiger partial charge in [-0.3, -0.25) is 0 Å². The van der Waals surface area contributed by atoms with Crippen molar-refractivity contribution in [2.45, 2.75) is 45.2 Å². The third-order valence-electron chi connectivity index (χ3n) is 4.22. The molecule has 0 bridgehead atoms. The summed E-state index contributed by atoms with van der Waals surface area (Å²) in [6.45, 7) is 4.09. The van der Waals surface area contributed by atoms with Gasteiger partial charge in [0.1, 0.15) is 5.82 Å². The number of nitrogens with two attached hydrogens (primary N) is 1. The Kier molecular flexibility index (Phi) is 4.88. The van der Waals surface area contributed by atoms with Crippen LogP contribution < -0.4 is 10.6 Å². The van der Waals surface area contributed by atoms with Crippen molar-refractivity contribution in [2.75, 3.05) is 23.5 Å². The minimum Gasteiger partial charge on any atom is -0.355 e. The Morgan fingerprint density at radius 3 is 2.76 bits per heavy atom. The summed E-state index contributed by atoms with van der Waals surface area (Å²) in [6, 6.07) is 2.30. The van der Waals surface area contributed by atoms with Crippen molar-refractivity contribution in [2.24, 2.45) is 5.73 Å². The average Bonchev–Trinajstić information content (AvgIpc) is 2.78.